The van der Waals surface area contributed by atoms with E-state index in [0.29, 0.717) is 5.56 Å². The van der Waals surface area contributed by atoms with Gasteiger partial charge in [-0.2, -0.15) is 5.26 Å². The first kappa shape index (κ1) is 11.9. The molecule has 3 heteroatoms. The SMILES string of the molecule is N#Cc1cccnc1-c1ccc2c(c1)CCNCC2. The topological polar surface area (TPSA) is 48.7 Å². The van der Waals surface area contributed by atoms with Crippen molar-refractivity contribution in [3.8, 4) is 17.3 Å². The maximum absolute atomic E-state index is 9.16. The third-order valence-corrected chi connectivity index (χ3v) is 3.55. The lowest BCUT2D eigenvalue weighted by atomic mass is 9.97. The molecule has 1 aromatic carbocycles. The zero-order chi connectivity index (χ0) is 13.1. The maximum atomic E-state index is 9.16. The highest BCUT2D eigenvalue weighted by Crippen LogP contribution is 2.24. The number of hydrogen-bond donors (Lipinski definition) is 1. The number of nitriles is 1. The van der Waals surface area contributed by atoms with Gasteiger partial charge < -0.3 is 5.32 Å². The second-order valence-corrected chi connectivity index (χ2v) is 4.74. The predicted molar refractivity (Wildman–Crippen MR) is 74.7 cm³/mol. The van der Waals surface area contributed by atoms with E-state index in [9.17, 15) is 0 Å². The molecule has 0 spiro atoms. The summed E-state index contributed by atoms with van der Waals surface area (Å²) in [5.41, 5.74) is 5.23. The van der Waals surface area contributed by atoms with Crippen molar-refractivity contribution in [3.63, 3.8) is 0 Å². The fraction of sp³-hybridized carbons (Fsp3) is 0.250. The Kier molecular flexibility index (Phi) is 3.26. The van der Waals surface area contributed by atoms with Gasteiger partial charge in [0.25, 0.3) is 0 Å². The van der Waals surface area contributed by atoms with Crippen molar-refractivity contribution in [2.75, 3.05) is 13.1 Å². The van der Waals surface area contributed by atoms with Crippen LogP contribution in [0.25, 0.3) is 11.3 Å². The van der Waals surface area contributed by atoms with Crippen LogP contribution >= 0.6 is 0 Å². The van der Waals surface area contributed by atoms with E-state index in [2.05, 4.69) is 34.6 Å². The van der Waals surface area contributed by atoms with Gasteiger partial charge in [-0.1, -0.05) is 12.1 Å². The molecule has 1 aliphatic heterocycles. The molecule has 2 aromatic rings. The molecule has 0 amide bonds. The van der Waals surface area contributed by atoms with Crippen LogP contribution in [0.4, 0.5) is 0 Å². The van der Waals surface area contributed by atoms with Gasteiger partial charge in [0.1, 0.15) is 6.07 Å². The van der Waals surface area contributed by atoms with E-state index in [4.69, 9.17) is 5.26 Å². The summed E-state index contributed by atoms with van der Waals surface area (Å²) < 4.78 is 0. The molecule has 3 rings (SSSR count). The Bertz CT molecular complexity index is 641. The van der Waals surface area contributed by atoms with E-state index in [0.717, 1.165) is 37.2 Å². The van der Waals surface area contributed by atoms with Crippen LogP contribution in [0.1, 0.15) is 16.7 Å². The van der Waals surface area contributed by atoms with Gasteiger partial charge in [0, 0.05) is 11.8 Å². The zero-order valence-corrected chi connectivity index (χ0v) is 10.7. The van der Waals surface area contributed by atoms with E-state index >= 15 is 0 Å². The van der Waals surface area contributed by atoms with Gasteiger partial charge in [-0.05, 0) is 55.3 Å². The van der Waals surface area contributed by atoms with Crippen LogP contribution < -0.4 is 5.32 Å². The van der Waals surface area contributed by atoms with Gasteiger partial charge in [0.2, 0.25) is 0 Å². The Hall–Kier alpha value is -2.18. The molecule has 94 valence electrons. The first-order valence-corrected chi connectivity index (χ1v) is 6.56. The molecule has 0 fully saturated rings. The van der Waals surface area contributed by atoms with E-state index in [1.807, 2.05) is 6.07 Å². The molecule has 0 aliphatic carbocycles. The minimum atomic E-state index is 0.634. The molecule has 1 aromatic heterocycles. The summed E-state index contributed by atoms with van der Waals surface area (Å²) >= 11 is 0. The van der Waals surface area contributed by atoms with E-state index < -0.39 is 0 Å². The highest BCUT2D eigenvalue weighted by molar-refractivity contribution is 5.67. The summed E-state index contributed by atoms with van der Waals surface area (Å²) in [7, 11) is 0. The van der Waals surface area contributed by atoms with Crippen LogP contribution in [0.2, 0.25) is 0 Å². The average molecular weight is 249 g/mol. The van der Waals surface area contributed by atoms with Crippen molar-refractivity contribution in [1.29, 1.82) is 5.26 Å². The Morgan fingerprint density at radius 2 is 1.95 bits per heavy atom. The number of hydrogen-bond acceptors (Lipinski definition) is 3. The second kappa shape index (κ2) is 5.21. The van der Waals surface area contributed by atoms with Crippen molar-refractivity contribution in [1.82, 2.24) is 10.3 Å². The molecule has 1 aliphatic rings. The van der Waals surface area contributed by atoms with Crippen molar-refractivity contribution < 1.29 is 0 Å². The Morgan fingerprint density at radius 3 is 2.79 bits per heavy atom. The standard InChI is InChI=1S/C16H15N3/c17-11-15-2-1-7-19-16(15)14-4-3-12-5-8-18-9-6-13(12)10-14/h1-4,7,10,18H,5-6,8-9H2. The third-order valence-electron chi connectivity index (χ3n) is 3.55. The minimum absolute atomic E-state index is 0.634. The maximum Gasteiger partial charge on any atom is 0.101 e. The summed E-state index contributed by atoms with van der Waals surface area (Å²) in [6.07, 6.45) is 3.85. The zero-order valence-electron chi connectivity index (χ0n) is 10.7. The fourth-order valence-electron chi connectivity index (χ4n) is 2.55. The number of rotatable bonds is 1. The Morgan fingerprint density at radius 1 is 1.11 bits per heavy atom. The minimum Gasteiger partial charge on any atom is -0.316 e. The van der Waals surface area contributed by atoms with Crippen molar-refractivity contribution >= 4 is 0 Å². The fourth-order valence-corrected chi connectivity index (χ4v) is 2.55. The monoisotopic (exact) mass is 249 g/mol. The molecule has 3 nitrogen and oxygen atoms in total. The van der Waals surface area contributed by atoms with Gasteiger partial charge in [-0.25, -0.2) is 0 Å². The summed E-state index contributed by atoms with van der Waals surface area (Å²) in [5, 5.41) is 12.6. The average Bonchev–Trinajstić information content (AvgIpc) is 2.71. The smallest absolute Gasteiger partial charge is 0.101 e. The highest BCUT2D eigenvalue weighted by Gasteiger charge is 2.11. The second-order valence-electron chi connectivity index (χ2n) is 4.74. The van der Waals surface area contributed by atoms with E-state index in [1.165, 1.54) is 11.1 Å². The molecule has 0 saturated carbocycles. The van der Waals surface area contributed by atoms with Crippen LogP contribution in [0.5, 0.6) is 0 Å². The number of nitrogens with zero attached hydrogens (tertiary/aromatic N) is 2. The van der Waals surface area contributed by atoms with Crippen molar-refractivity contribution in [2.45, 2.75) is 12.8 Å². The van der Waals surface area contributed by atoms with Crippen LogP contribution in [0.3, 0.4) is 0 Å². The van der Waals surface area contributed by atoms with Crippen LogP contribution in [-0.4, -0.2) is 18.1 Å². The van der Waals surface area contributed by atoms with Crippen LogP contribution in [0, 0.1) is 11.3 Å². The summed E-state index contributed by atoms with van der Waals surface area (Å²) in [6, 6.07) is 12.3. The van der Waals surface area contributed by atoms with Crippen molar-refractivity contribution in [2.24, 2.45) is 0 Å². The summed E-state index contributed by atoms with van der Waals surface area (Å²) in [6.45, 7) is 2.06. The van der Waals surface area contributed by atoms with Crippen LogP contribution in [0.15, 0.2) is 36.5 Å². The molecule has 0 unspecified atom stereocenters. The van der Waals surface area contributed by atoms with Gasteiger partial charge in [-0.3, -0.25) is 4.98 Å². The molecule has 1 N–H and O–H groups in total. The van der Waals surface area contributed by atoms with E-state index in [1.54, 1.807) is 12.3 Å². The van der Waals surface area contributed by atoms with E-state index in [-0.39, 0.29) is 0 Å². The van der Waals surface area contributed by atoms with Gasteiger partial charge >= 0.3 is 0 Å². The van der Waals surface area contributed by atoms with Gasteiger partial charge in [-0.15, -0.1) is 0 Å². The first-order chi connectivity index (χ1) is 9.38. The lowest BCUT2D eigenvalue weighted by molar-refractivity contribution is 0.711. The summed E-state index contributed by atoms with van der Waals surface area (Å²) in [5.74, 6) is 0. The first-order valence-electron chi connectivity index (χ1n) is 6.56. The molecule has 0 saturated heterocycles. The largest absolute Gasteiger partial charge is 0.316 e. The van der Waals surface area contributed by atoms with Crippen LogP contribution in [-0.2, 0) is 12.8 Å². The lowest BCUT2D eigenvalue weighted by Crippen LogP contribution is -2.16. The number of pyridine rings is 1. The quantitative estimate of drug-likeness (QED) is 0.843. The lowest BCUT2D eigenvalue weighted by Gasteiger charge is -2.09. The molecule has 2 heterocycles. The van der Waals surface area contributed by atoms with Crippen molar-refractivity contribution in [3.05, 3.63) is 53.2 Å². The molecular weight excluding hydrogens is 234 g/mol. The van der Waals surface area contributed by atoms with Gasteiger partial charge in [0.05, 0.1) is 11.3 Å². The number of fused-ring (bicyclic) bond motifs is 1. The molecule has 0 bridgehead atoms. The number of benzene rings is 1. The normalized spacial score (nSPS) is 14.3. The molecule has 0 radical (unpaired) electrons. The Labute approximate surface area is 112 Å². The number of aromatic nitrogens is 1. The number of nitrogens with one attached hydrogen (secondary N) is 1. The molecule has 0 atom stereocenters. The summed E-state index contributed by atoms with van der Waals surface area (Å²) in [4.78, 5) is 4.35. The Balaban J connectivity index is 2.07. The van der Waals surface area contributed by atoms with Gasteiger partial charge in [0.15, 0.2) is 0 Å². The molecule has 19 heavy (non-hydrogen) atoms. The highest BCUT2D eigenvalue weighted by atomic mass is 14.8. The third kappa shape index (κ3) is 2.35. The molecular formula is C16H15N3. The predicted octanol–water partition coefficient (Wildman–Crippen LogP) is 2.31.